The largest absolute Gasteiger partial charge is 0.308 e. The Morgan fingerprint density at radius 3 is 2.86 bits per heavy atom. The Balaban J connectivity index is 1.67. The van der Waals surface area contributed by atoms with E-state index in [1.165, 1.54) is 15.4 Å². The lowest BCUT2D eigenvalue weighted by molar-refractivity contribution is 0.540. The van der Waals surface area contributed by atoms with Gasteiger partial charge in [0.25, 0.3) is 0 Å². The highest BCUT2D eigenvalue weighted by atomic mass is 32.1. The molecule has 1 N–H and O–H groups in total. The van der Waals surface area contributed by atoms with E-state index in [2.05, 4.69) is 59.9 Å². The van der Waals surface area contributed by atoms with Crippen LogP contribution in [0, 0.1) is 13.8 Å². The van der Waals surface area contributed by atoms with Crippen molar-refractivity contribution < 1.29 is 0 Å². The Labute approximate surface area is 129 Å². The number of nitrogens with zero attached hydrogens (tertiary/aromatic N) is 2. The van der Waals surface area contributed by atoms with Crippen LogP contribution in [0.15, 0.2) is 36.5 Å². The molecule has 0 aromatic carbocycles. The molecule has 0 saturated carbocycles. The summed E-state index contributed by atoms with van der Waals surface area (Å²) in [6.45, 7) is 7.33. The van der Waals surface area contributed by atoms with Crippen LogP contribution in [0.25, 0.3) is 5.65 Å². The van der Waals surface area contributed by atoms with Crippen molar-refractivity contribution in [2.75, 3.05) is 0 Å². The van der Waals surface area contributed by atoms with Gasteiger partial charge in [-0.15, -0.1) is 11.3 Å². The number of nitrogens with one attached hydrogen (secondary N) is 1. The van der Waals surface area contributed by atoms with Gasteiger partial charge in [-0.3, -0.25) is 0 Å². The highest BCUT2D eigenvalue weighted by molar-refractivity contribution is 7.11. The van der Waals surface area contributed by atoms with Crippen molar-refractivity contribution in [2.45, 2.75) is 39.8 Å². The number of hydrogen-bond donors (Lipinski definition) is 1. The zero-order valence-electron chi connectivity index (χ0n) is 12.8. The summed E-state index contributed by atoms with van der Waals surface area (Å²) in [5.41, 5.74) is 3.38. The van der Waals surface area contributed by atoms with Crippen LogP contribution in [0.2, 0.25) is 0 Å². The summed E-state index contributed by atoms with van der Waals surface area (Å²) in [5.74, 6) is 0. The van der Waals surface area contributed by atoms with E-state index in [0.717, 1.165) is 24.3 Å². The van der Waals surface area contributed by atoms with E-state index in [-0.39, 0.29) is 0 Å². The fraction of sp³-hybridized carbons (Fsp3) is 0.353. The lowest BCUT2D eigenvalue weighted by atomic mass is 10.2. The molecule has 0 bridgehead atoms. The number of aromatic nitrogens is 2. The van der Waals surface area contributed by atoms with Crippen LogP contribution >= 0.6 is 11.3 Å². The molecular formula is C17H21N3S. The number of fused-ring (bicyclic) bond motifs is 1. The zero-order chi connectivity index (χ0) is 14.8. The van der Waals surface area contributed by atoms with Crippen molar-refractivity contribution in [2.24, 2.45) is 0 Å². The average molecular weight is 299 g/mol. The molecule has 3 heterocycles. The monoisotopic (exact) mass is 299 g/mol. The lowest BCUT2D eigenvalue weighted by Crippen LogP contribution is -2.28. The van der Waals surface area contributed by atoms with E-state index in [1.54, 1.807) is 0 Å². The van der Waals surface area contributed by atoms with Gasteiger partial charge in [-0.2, -0.15) is 0 Å². The van der Waals surface area contributed by atoms with Gasteiger partial charge in [-0.25, -0.2) is 4.98 Å². The molecule has 1 unspecified atom stereocenters. The molecule has 0 fully saturated rings. The van der Waals surface area contributed by atoms with Crippen LogP contribution in [0.4, 0.5) is 0 Å². The van der Waals surface area contributed by atoms with Crippen LogP contribution in [0.5, 0.6) is 0 Å². The normalized spacial score (nSPS) is 12.9. The van der Waals surface area contributed by atoms with Crippen molar-refractivity contribution in [1.82, 2.24) is 14.7 Å². The summed E-state index contributed by atoms with van der Waals surface area (Å²) in [5, 5.41) is 3.62. The van der Waals surface area contributed by atoms with Gasteiger partial charge in [0, 0.05) is 28.5 Å². The van der Waals surface area contributed by atoms with Crippen LogP contribution < -0.4 is 5.32 Å². The topological polar surface area (TPSA) is 29.3 Å². The maximum atomic E-state index is 4.60. The number of thiophene rings is 1. The number of rotatable bonds is 5. The van der Waals surface area contributed by atoms with E-state index in [1.807, 2.05) is 23.5 Å². The van der Waals surface area contributed by atoms with Crippen molar-refractivity contribution in [3.8, 4) is 0 Å². The third kappa shape index (κ3) is 3.17. The first-order chi connectivity index (χ1) is 10.1. The number of imidazole rings is 1. The molecule has 3 nitrogen and oxygen atoms in total. The third-order valence-electron chi connectivity index (χ3n) is 3.75. The van der Waals surface area contributed by atoms with Crippen molar-refractivity contribution in [1.29, 1.82) is 0 Å². The highest BCUT2D eigenvalue weighted by Gasteiger charge is 2.10. The average Bonchev–Trinajstić information content (AvgIpc) is 2.99. The van der Waals surface area contributed by atoms with Crippen LogP contribution in [0.3, 0.4) is 0 Å². The van der Waals surface area contributed by atoms with Gasteiger partial charge in [0.2, 0.25) is 0 Å². The molecule has 110 valence electrons. The van der Waals surface area contributed by atoms with Crippen LogP contribution in [-0.4, -0.2) is 15.4 Å². The molecule has 4 heteroatoms. The molecule has 3 aromatic heterocycles. The van der Waals surface area contributed by atoms with Gasteiger partial charge in [0.15, 0.2) is 0 Å². The first kappa shape index (κ1) is 14.3. The van der Waals surface area contributed by atoms with Crippen molar-refractivity contribution in [3.63, 3.8) is 0 Å². The van der Waals surface area contributed by atoms with Crippen LogP contribution in [0.1, 0.15) is 28.1 Å². The Bertz CT molecular complexity index is 741. The van der Waals surface area contributed by atoms with E-state index in [9.17, 15) is 0 Å². The SMILES string of the molecule is Cc1ccc(CC(C)NCc2c(C)nc3ccccn23)s1. The quantitative estimate of drug-likeness (QED) is 0.778. The van der Waals surface area contributed by atoms with Crippen molar-refractivity contribution in [3.05, 3.63) is 57.7 Å². The summed E-state index contributed by atoms with van der Waals surface area (Å²) < 4.78 is 2.17. The molecule has 3 rings (SSSR count). The maximum absolute atomic E-state index is 4.60. The predicted octanol–water partition coefficient (Wildman–Crippen LogP) is 3.73. The standard InChI is InChI=1S/C17H21N3S/c1-12(10-15-8-7-13(2)21-15)18-11-16-14(3)19-17-6-4-5-9-20(16)17/h4-9,12,18H,10-11H2,1-3H3. The minimum atomic E-state index is 0.455. The fourth-order valence-electron chi connectivity index (χ4n) is 2.62. The number of aryl methyl sites for hydroxylation is 2. The number of pyridine rings is 1. The van der Waals surface area contributed by atoms with Gasteiger partial charge in [-0.05, 0) is 51.5 Å². The Morgan fingerprint density at radius 1 is 1.24 bits per heavy atom. The van der Waals surface area contributed by atoms with Gasteiger partial charge >= 0.3 is 0 Å². The molecule has 0 aliphatic heterocycles. The fourth-order valence-corrected chi connectivity index (χ4v) is 3.64. The first-order valence-corrected chi connectivity index (χ1v) is 8.16. The number of hydrogen-bond acceptors (Lipinski definition) is 3. The second kappa shape index (κ2) is 6.00. The van der Waals surface area contributed by atoms with E-state index < -0.39 is 0 Å². The Hall–Kier alpha value is -1.65. The summed E-state index contributed by atoms with van der Waals surface area (Å²) in [6.07, 6.45) is 3.16. The van der Waals surface area contributed by atoms with Crippen LogP contribution in [-0.2, 0) is 13.0 Å². The smallest absolute Gasteiger partial charge is 0.137 e. The molecule has 1 atom stereocenters. The third-order valence-corrected chi connectivity index (χ3v) is 4.77. The minimum Gasteiger partial charge on any atom is -0.308 e. The molecule has 0 radical (unpaired) electrons. The molecule has 0 aliphatic carbocycles. The molecule has 21 heavy (non-hydrogen) atoms. The van der Waals surface area contributed by atoms with Gasteiger partial charge < -0.3 is 9.72 Å². The van der Waals surface area contributed by atoms with Gasteiger partial charge in [0.1, 0.15) is 5.65 Å². The van der Waals surface area contributed by atoms with E-state index in [0.29, 0.717) is 6.04 Å². The molecule has 0 amide bonds. The molecule has 3 aromatic rings. The summed E-state index contributed by atoms with van der Waals surface area (Å²) in [7, 11) is 0. The molecule has 0 aliphatic rings. The molecular weight excluding hydrogens is 278 g/mol. The Morgan fingerprint density at radius 2 is 2.10 bits per heavy atom. The second-order valence-corrected chi connectivity index (χ2v) is 6.94. The maximum Gasteiger partial charge on any atom is 0.137 e. The lowest BCUT2D eigenvalue weighted by Gasteiger charge is -2.13. The first-order valence-electron chi connectivity index (χ1n) is 7.35. The Kier molecular flexibility index (Phi) is 4.08. The summed E-state index contributed by atoms with van der Waals surface area (Å²) in [4.78, 5) is 7.43. The summed E-state index contributed by atoms with van der Waals surface area (Å²) >= 11 is 1.89. The van der Waals surface area contributed by atoms with Gasteiger partial charge in [-0.1, -0.05) is 6.07 Å². The minimum absolute atomic E-state index is 0.455. The zero-order valence-corrected chi connectivity index (χ0v) is 13.6. The highest BCUT2D eigenvalue weighted by Crippen LogP contribution is 2.17. The van der Waals surface area contributed by atoms with Gasteiger partial charge in [0.05, 0.1) is 11.4 Å². The van der Waals surface area contributed by atoms with Crippen molar-refractivity contribution >= 4 is 17.0 Å². The summed E-state index contributed by atoms with van der Waals surface area (Å²) in [6, 6.07) is 11.0. The van der Waals surface area contributed by atoms with E-state index in [4.69, 9.17) is 0 Å². The predicted molar refractivity (Wildman–Crippen MR) is 89.0 cm³/mol. The van der Waals surface area contributed by atoms with E-state index >= 15 is 0 Å². The second-order valence-electron chi connectivity index (χ2n) is 5.57. The molecule has 0 saturated heterocycles. The molecule has 0 spiro atoms.